The Bertz CT molecular complexity index is 1260. The number of thiazole rings is 1. The summed E-state index contributed by atoms with van der Waals surface area (Å²) in [5.74, 6) is 1.29. The summed E-state index contributed by atoms with van der Waals surface area (Å²) in [6.07, 6.45) is 0.765. The van der Waals surface area contributed by atoms with Crippen molar-refractivity contribution in [2.24, 2.45) is 5.18 Å². The van der Waals surface area contributed by atoms with Gasteiger partial charge in [0, 0.05) is 24.0 Å². The first kappa shape index (κ1) is 22.8. The number of nitroso groups, excluding NO2 is 1. The summed E-state index contributed by atoms with van der Waals surface area (Å²) in [7, 11) is 0. The van der Waals surface area contributed by atoms with Gasteiger partial charge in [-0.1, -0.05) is 28.6 Å². The molecule has 0 fully saturated rings. The number of hydrogen-bond donors (Lipinski definition) is 3. The van der Waals surface area contributed by atoms with Gasteiger partial charge in [0.1, 0.15) is 35.5 Å². The Hall–Kier alpha value is -3.33. The summed E-state index contributed by atoms with van der Waals surface area (Å²) in [5, 5.41) is 23.5. The van der Waals surface area contributed by atoms with E-state index in [4.69, 9.17) is 9.47 Å². The number of H-pyrrole nitrogens is 1. The van der Waals surface area contributed by atoms with E-state index in [9.17, 15) is 19.9 Å². The number of phenols is 1. The van der Waals surface area contributed by atoms with E-state index in [1.807, 2.05) is 45.0 Å². The van der Waals surface area contributed by atoms with Crippen molar-refractivity contribution < 1.29 is 19.7 Å². The van der Waals surface area contributed by atoms with Gasteiger partial charge in [-0.15, -0.1) is 0 Å². The average molecular weight is 471 g/mol. The molecule has 0 radical (unpaired) electrons. The van der Waals surface area contributed by atoms with Crippen molar-refractivity contribution in [2.75, 3.05) is 6.61 Å². The first-order chi connectivity index (χ1) is 15.6. The van der Waals surface area contributed by atoms with E-state index in [0.29, 0.717) is 40.3 Å². The Morgan fingerprint density at radius 3 is 2.48 bits per heavy atom. The number of rotatable bonds is 6. The Kier molecular flexibility index (Phi) is 5.92. The van der Waals surface area contributed by atoms with Gasteiger partial charge in [0.15, 0.2) is 0 Å². The van der Waals surface area contributed by atoms with Crippen LogP contribution in [-0.4, -0.2) is 27.4 Å². The van der Waals surface area contributed by atoms with Crippen LogP contribution in [0.15, 0.2) is 34.2 Å². The van der Waals surface area contributed by atoms with Gasteiger partial charge in [0.2, 0.25) is 5.88 Å². The molecule has 2 aromatic carbocycles. The highest BCUT2D eigenvalue weighted by molar-refractivity contribution is 7.09. The van der Waals surface area contributed by atoms with Crippen LogP contribution in [0.3, 0.4) is 0 Å². The zero-order valence-corrected chi connectivity index (χ0v) is 19.7. The highest BCUT2D eigenvalue weighted by Gasteiger charge is 2.41. The Morgan fingerprint density at radius 1 is 1.18 bits per heavy atom. The summed E-state index contributed by atoms with van der Waals surface area (Å²) in [4.78, 5) is 25.7. The van der Waals surface area contributed by atoms with E-state index in [1.54, 1.807) is 6.92 Å². The number of aromatic nitrogens is 1. The molecule has 2 atom stereocenters. The van der Waals surface area contributed by atoms with Gasteiger partial charge in [-0.05, 0) is 56.5 Å². The van der Waals surface area contributed by atoms with Gasteiger partial charge in [0.05, 0.1) is 4.88 Å². The Morgan fingerprint density at radius 2 is 1.88 bits per heavy atom. The van der Waals surface area contributed by atoms with Crippen LogP contribution in [0, 0.1) is 25.7 Å². The third kappa shape index (κ3) is 4.32. The molecule has 2 heterocycles. The molecule has 2 unspecified atom stereocenters. The first-order valence-corrected chi connectivity index (χ1v) is 11.4. The molecule has 0 saturated heterocycles. The second kappa shape index (κ2) is 8.55. The van der Waals surface area contributed by atoms with Crippen molar-refractivity contribution in [3.63, 3.8) is 0 Å². The third-order valence-corrected chi connectivity index (χ3v) is 7.10. The molecular weight excluding hydrogens is 444 g/mol. The van der Waals surface area contributed by atoms with Crippen molar-refractivity contribution in [3.05, 3.63) is 71.5 Å². The minimum absolute atomic E-state index is 0.0968. The van der Waals surface area contributed by atoms with Crippen LogP contribution in [0.25, 0.3) is 0 Å². The molecule has 1 aliphatic rings. The number of nitrogens with one attached hydrogen (secondary N) is 1. The molecule has 0 amide bonds. The zero-order valence-electron chi connectivity index (χ0n) is 18.9. The summed E-state index contributed by atoms with van der Waals surface area (Å²) < 4.78 is 12.3. The lowest BCUT2D eigenvalue weighted by Crippen LogP contribution is -2.43. The molecule has 4 rings (SSSR count). The van der Waals surface area contributed by atoms with Crippen LogP contribution < -0.4 is 14.3 Å². The van der Waals surface area contributed by atoms with Gasteiger partial charge >= 0.3 is 4.87 Å². The Labute approximate surface area is 194 Å². The maximum Gasteiger partial charge on any atom is 0.307 e. The van der Waals surface area contributed by atoms with Crippen molar-refractivity contribution in [1.29, 1.82) is 0 Å². The van der Waals surface area contributed by atoms with Crippen LogP contribution in [-0.2, 0) is 6.42 Å². The molecule has 0 bridgehead atoms. The van der Waals surface area contributed by atoms with Crippen LogP contribution in [0.1, 0.15) is 52.1 Å². The average Bonchev–Trinajstić information content (AvgIpc) is 3.11. The molecule has 8 nitrogen and oxygen atoms in total. The lowest BCUT2D eigenvalue weighted by molar-refractivity contribution is 0.00838. The molecule has 33 heavy (non-hydrogen) atoms. The second-order valence-electron chi connectivity index (χ2n) is 8.74. The van der Waals surface area contributed by atoms with Crippen molar-refractivity contribution in [1.82, 2.24) is 4.98 Å². The van der Waals surface area contributed by atoms with E-state index >= 15 is 0 Å². The molecule has 174 valence electrons. The number of hydrogen-bond acceptors (Lipinski definition) is 8. The SMILES string of the molecule is Cc1c(C)c2c(c(C)c1O)C(N=O)CC(C)(COc1ccc(Cc3sc(=O)[nH]c3O)cc1)O2. The summed E-state index contributed by atoms with van der Waals surface area (Å²) in [6.45, 7) is 7.54. The van der Waals surface area contributed by atoms with E-state index in [-0.39, 0.29) is 23.1 Å². The van der Waals surface area contributed by atoms with Gasteiger partial charge < -0.3 is 19.7 Å². The normalized spacial score (nSPS) is 19.6. The lowest BCUT2D eigenvalue weighted by Gasteiger charge is -2.39. The van der Waals surface area contributed by atoms with E-state index in [1.165, 1.54) is 0 Å². The fraction of sp³-hybridized carbons (Fsp3) is 0.375. The van der Waals surface area contributed by atoms with Crippen molar-refractivity contribution >= 4 is 11.3 Å². The summed E-state index contributed by atoms with van der Waals surface area (Å²) in [6, 6.07) is 6.72. The van der Waals surface area contributed by atoms with Crippen LogP contribution in [0.2, 0.25) is 0 Å². The van der Waals surface area contributed by atoms with Crippen LogP contribution in [0.4, 0.5) is 0 Å². The summed E-state index contributed by atoms with van der Waals surface area (Å²) >= 11 is 0.984. The van der Waals surface area contributed by atoms with Crippen molar-refractivity contribution in [2.45, 2.75) is 52.2 Å². The predicted octanol–water partition coefficient (Wildman–Crippen LogP) is 4.79. The lowest BCUT2D eigenvalue weighted by atomic mass is 9.84. The summed E-state index contributed by atoms with van der Waals surface area (Å²) in [5.41, 5.74) is 2.90. The highest BCUT2D eigenvalue weighted by Crippen LogP contribution is 2.49. The number of nitrogens with zero attached hydrogens (tertiary/aromatic N) is 1. The minimum atomic E-state index is -0.784. The standard InChI is InChI=1S/C24H26N2O6S/c1-12-13(2)21-19(14(3)20(12)27)17(26-30)10-24(4,32-21)11-31-16-7-5-15(6-8-16)9-18-22(28)25-23(29)33-18/h5-8,17,27-28H,9-11H2,1-4H3,(H,25,29). The maximum atomic E-state index is 11.7. The molecule has 3 aromatic rings. The molecule has 0 aliphatic carbocycles. The minimum Gasteiger partial charge on any atom is -0.507 e. The molecular formula is C24H26N2O6S. The van der Waals surface area contributed by atoms with Gasteiger partial charge in [-0.2, -0.15) is 4.91 Å². The van der Waals surface area contributed by atoms with Gasteiger partial charge in [0.25, 0.3) is 0 Å². The first-order valence-electron chi connectivity index (χ1n) is 10.6. The zero-order chi connectivity index (χ0) is 23.9. The maximum absolute atomic E-state index is 11.7. The number of fused-ring (bicyclic) bond motifs is 1. The van der Waals surface area contributed by atoms with Gasteiger partial charge in [-0.25, -0.2) is 0 Å². The van der Waals surface area contributed by atoms with Crippen LogP contribution >= 0.6 is 11.3 Å². The molecule has 0 saturated carbocycles. The van der Waals surface area contributed by atoms with Gasteiger partial charge in [-0.3, -0.25) is 9.78 Å². The monoisotopic (exact) mass is 470 g/mol. The largest absolute Gasteiger partial charge is 0.507 e. The smallest absolute Gasteiger partial charge is 0.307 e. The number of aromatic hydroxyl groups is 2. The quantitative estimate of drug-likeness (QED) is 0.445. The van der Waals surface area contributed by atoms with Crippen LogP contribution in [0.5, 0.6) is 23.1 Å². The fourth-order valence-electron chi connectivity index (χ4n) is 4.24. The molecule has 1 aromatic heterocycles. The second-order valence-corrected chi connectivity index (χ2v) is 9.81. The van der Waals surface area contributed by atoms with E-state index in [0.717, 1.165) is 28.0 Å². The van der Waals surface area contributed by atoms with E-state index in [2.05, 4.69) is 10.2 Å². The third-order valence-electron chi connectivity index (χ3n) is 6.23. The fourth-order valence-corrected chi connectivity index (χ4v) is 4.99. The Balaban J connectivity index is 1.50. The highest BCUT2D eigenvalue weighted by atomic mass is 32.1. The number of aromatic amines is 1. The van der Waals surface area contributed by atoms with E-state index < -0.39 is 11.6 Å². The molecule has 1 aliphatic heterocycles. The predicted molar refractivity (Wildman–Crippen MR) is 126 cm³/mol. The molecule has 3 N–H and O–H groups in total. The van der Waals surface area contributed by atoms with Crippen molar-refractivity contribution in [3.8, 4) is 23.1 Å². The molecule has 9 heteroatoms. The molecule has 0 spiro atoms. The number of phenolic OH excluding ortho intramolecular Hbond substituents is 1. The number of ether oxygens (including phenoxy) is 2. The topological polar surface area (TPSA) is 121 Å². The number of benzene rings is 2.